The summed E-state index contributed by atoms with van der Waals surface area (Å²) in [5, 5.41) is 7.01. The molecule has 3 heterocycles. The van der Waals surface area contributed by atoms with Gasteiger partial charge >= 0.3 is 0 Å². The van der Waals surface area contributed by atoms with Crippen molar-refractivity contribution in [2.24, 2.45) is 11.1 Å². The number of hydrogen-bond donors (Lipinski definition) is 2. The van der Waals surface area contributed by atoms with Gasteiger partial charge in [0.05, 0.1) is 0 Å². The number of hydrogen-bond acceptors (Lipinski definition) is 4. The molecule has 1 amide bonds. The van der Waals surface area contributed by atoms with Crippen molar-refractivity contribution >= 4 is 18.3 Å². The Labute approximate surface area is 141 Å². The molecule has 23 heavy (non-hydrogen) atoms. The second kappa shape index (κ2) is 6.37. The van der Waals surface area contributed by atoms with Gasteiger partial charge in [-0.1, -0.05) is 13.8 Å². The van der Waals surface area contributed by atoms with Crippen molar-refractivity contribution in [1.82, 2.24) is 15.1 Å². The smallest absolute Gasteiger partial charge is 0.274 e. The summed E-state index contributed by atoms with van der Waals surface area (Å²) in [4.78, 5) is 14.4. The first-order valence-corrected chi connectivity index (χ1v) is 7.54. The van der Waals surface area contributed by atoms with E-state index in [-0.39, 0.29) is 29.8 Å². The summed E-state index contributed by atoms with van der Waals surface area (Å²) in [6.45, 7) is 7.39. The van der Waals surface area contributed by atoms with Crippen molar-refractivity contribution in [2.45, 2.75) is 33.2 Å². The zero-order chi connectivity index (χ0) is 15.9. The van der Waals surface area contributed by atoms with E-state index < -0.39 is 0 Å². The summed E-state index contributed by atoms with van der Waals surface area (Å²) in [7, 11) is 0. The summed E-state index contributed by atoms with van der Waals surface area (Å²) in [6.07, 6.45) is 0.813. The molecular weight excluding hydrogens is 316 g/mol. The van der Waals surface area contributed by atoms with Gasteiger partial charge in [-0.3, -0.25) is 9.89 Å². The van der Waals surface area contributed by atoms with E-state index in [0.29, 0.717) is 30.2 Å². The normalized spacial score (nSPS) is 20.2. The van der Waals surface area contributed by atoms with Crippen LogP contribution in [0.1, 0.15) is 36.5 Å². The lowest BCUT2D eigenvalue weighted by atomic mass is 9.79. The highest BCUT2D eigenvalue weighted by Gasteiger charge is 2.36. The molecule has 6 nitrogen and oxygen atoms in total. The Morgan fingerprint density at radius 3 is 2.83 bits per heavy atom. The molecule has 0 spiro atoms. The van der Waals surface area contributed by atoms with Crippen LogP contribution in [-0.4, -0.2) is 40.1 Å². The second-order valence-electron chi connectivity index (χ2n) is 6.69. The molecule has 0 saturated carbocycles. The van der Waals surface area contributed by atoms with Gasteiger partial charge in [0.25, 0.3) is 5.91 Å². The Hall–Kier alpha value is -1.79. The predicted molar refractivity (Wildman–Crippen MR) is 90.6 cm³/mol. The molecule has 1 aliphatic rings. The van der Waals surface area contributed by atoms with Crippen LogP contribution in [0.3, 0.4) is 0 Å². The lowest BCUT2D eigenvalue weighted by Gasteiger charge is -2.42. The van der Waals surface area contributed by atoms with Gasteiger partial charge in [0.2, 0.25) is 0 Å². The molecule has 1 unspecified atom stereocenters. The van der Waals surface area contributed by atoms with Gasteiger partial charge in [-0.25, -0.2) is 0 Å². The second-order valence-corrected chi connectivity index (χ2v) is 6.69. The Bertz CT molecular complexity index is 692. The first-order valence-electron chi connectivity index (χ1n) is 7.54. The Kier molecular flexibility index (Phi) is 4.87. The number of amides is 1. The lowest BCUT2D eigenvalue weighted by molar-refractivity contribution is 0.0527. The number of piperidine rings is 1. The number of nitrogens with one attached hydrogen (secondary N) is 1. The van der Waals surface area contributed by atoms with Crippen LogP contribution in [0.4, 0.5) is 0 Å². The van der Waals surface area contributed by atoms with E-state index in [1.54, 1.807) is 6.07 Å². The van der Waals surface area contributed by atoms with Crippen molar-refractivity contribution in [1.29, 1.82) is 0 Å². The van der Waals surface area contributed by atoms with E-state index >= 15 is 0 Å². The summed E-state index contributed by atoms with van der Waals surface area (Å²) < 4.78 is 5.54. The van der Waals surface area contributed by atoms with Gasteiger partial charge in [-0.2, -0.15) is 5.10 Å². The third-order valence-corrected chi connectivity index (χ3v) is 4.40. The molecule has 1 fully saturated rings. The van der Waals surface area contributed by atoms with E-state index in [1.165, 1.54) is 0 Å². The highest BCUT2D eigenvalue weighted by Crippen LogP contribution is 2.29. The number of H-pyrrole nitrogens is 1. The number of likely N-dealkylation sites (tertiary alicyclic amines) is 1. The maximum atomic E-state index is 12.6. The van der Waals surface area contributed by atoms with Crippen LogP contribution < -0.4 is 5.73 Å². The fourth-order valence-corrected chi connectivity index (χ4v) is 2.85. The summed E-state index contributed by atoms with van der Waals surface area (Å²) in [5.41, 5.74) is 7.17. The number of aromatic amines is 1. The molecule has 126 valence electrons. The molecule has 0 radical (unpaired) electrons. The number of carbonyl (C=O) groups is 1. The average Bonchev–Trinajstić information content (AvgIpc) is 3.09. The first-order chi connectivity index (χ1) is 10.4. The number of halogens is 1. The third-order valence-electron chi connectivity index (χ3n) is 4.40. The molecule has 3 N–H and O–H groups in total. The van der Waals surface area contributed by atoms with E-state index in [4.69, 9.17) is 10.2 Å². The maximum Gasteiger partial charge on any atom is 0.274 e. The van der Waals surface area contributed by atoms with Crippen molar-refractivity contribution in [3.05, 3.63) is 29.7 Å². The third kappa shape index (κ3) is 3.43. The van der Waals surface area contributed by atoms with Crippen LogP contribution >= 0.6 is 12.4 Å². The Morgan fingerprint density at radius 2 is 2.22 bits per heavy atom. The molecule has 0 aromatic carbocycles. The minimum Gasteiger partial charge on any atom is -0.460 e. The average molecular weight is 339 g/mol. The highest BCUT2D eigenvalue weighted by atomic mass is 35.5. The van der Waals surface area contributed by atoms with Crippen molar-refractivity contribution < 1.29 is 9.21 Å². The van der Waals surface area contributed by atoms with Gasteiger partial charge in [0.15, 0.2) is 11.5 Å². The number of aromatic nitrogens is 2. The van der Waals surface area contributed by atoms with Crippen LogP contribution in [-0.2, 0) is 0 Å². The van der Waals surface area contributed by atoms with E-state index in [0.717, 1.165) is 12.2 Å². The van der Waals surface area contributed by atoms with Gasteiger partial charge in [-0.05, 0) is 30.9 Å². The Balaban J connectivity index is 0.00000192. The number of furan rings is 1. The summed E-state index contributed by atoms with van der Waals surface area (Å²) in [5.74, 6) is 1.44. The van der Waals surface area contributed by atoms with Gasteiger partial charge in [0, 0.05) is 25.2 Å². The molecule has 2 aromatic rings. The number of rotatable bonds is 2. The molecule has 0 bridgehead atoms. The molecule has 2 aromatic heterocycles. The number of nitrogens with zero attached hydrogens (tertiary/aromatic N) is 2. The molecule has 1 aliphatic heterocycles. The SMILES string of the molecule is Cc1ccc(-c2cc(C(=O)N3CCC(N)C(C)(C)C3)n[nH]2)o1.Cl. The van der Waals surface area contributed by atoms with Crippen LogP contribution in [0, 0.1) is 12.3 Å². The monoisotopic (exact) mass is 338 g/mol. The highest BCUT2D eigenvalue weighted by molar-refractivity contribution is 5.93. The molecule has 1 atom stereocenters. The predicted octanol–water partition coefficient (Wildman–Crippen LogP) is 2.60. The molecule has 3 rings (SSSR count). The number of aryl methyl sites for hydroxylation is 1. The minimum atomic E-state index is -0.0782. The quantitative estimate of drug-likeness (QED) is 0.881. The topological polar surface area (TPSA) is 88.1 Å². The van der Waals surface area contributed by atoms with E-state index in [2.05, 4.69) is 24.0 Å². The standard InChI is InChI=1S/C16H22N4O2.ClH/c1-10-4-5-13(22-10)11-8-12(19-18-11)15(21)20-7-6-14(17)16(2,3)9-20;/h4-5,8,14H,6-7,9,17H2,1-3H3,(H,18,19);1H. The summed E-state index contributed by atoms with van der Waals surface area (Å²) >= 11 is 0. The fraction of sp³-hybridized carbons (Fsp3) is 0.500. The largest absolute Gasteiger partial charge is 0.460 e. The van der Waals surface area contributed by atoms with E-state index in [9.17, 15) is 4.79 Å². The number of carbonyl (C=O) groups excluding carboxylic acids is 1. The fourth-order valence-electron chi connectivity index (χ4n) is 2.85. The zero-order valence-electron chi connectivity index (χ0n) is 13.6. The molecule has 7 heteroatoms. The zero-order valence-corrected chi connectivity index (χ0v) is 14.4. The number of nitrogens with two attached hydrogens (primary N) is 1. The van der Waals surface area contributed by atoms with Crippen molar-refractivity contribution in [2.75, 3.05) is 13.1 Å². The van der Waals surface area contributed by atoms with Crippen LogP contribution in [0.25, 0.3) is 11.5 Å². The molecule has 1 saturated heterocycles. The molecule has 0 aliphatic carbocycles. The van der Waals surface area contributed by atoms with Crippen LogP contribution in [0.5, 0.6) is 0 Å². The van der Waals surface area contributed by atoms with Crippen LogP contribution in [0.15, 0.2) is 22.6 Å². The van der Waals surface area contributed by atoms with Gasteiger partial charge in [0.1, 0.15) is 11.5 Å². The van der Waals surface area contributed by atoms with Crippen LogP contribution in [0.2, 0.25) is 0 Å². The van der Waals surface area contributed by atoms with Gasteiger partial charge in [-0.15, -0.1) is 12.4 Å². The lowest BCUT2D eigenvalue weighted by Crippen LogP contribution is -2.54. The van der Waals surface area contributed by atoms with Gasteiger partial charge < -0.3 is 15.1 Å². The maximum absolute atomic E-state index is 12.6. The Morgan fingerprint density at radius 1 is 1.48 bits per heavy atom. The van der Waals surface area contributed by atoms with E-state index in [1.807, 2.05) is 24.0 Å². The van der Waals surface area contributed by atoms with Crippen molar-refractivity contribution in [3.63, 3.8) is 0 Å². The molecular formula is C16H23ClN4O2. The minimum absolute atomic E-state index is 0. The summed E-state index contributed by atoms with van der Waals surface area (Å²) in [6, 6.07) is 5.60. The first kappa shape index (κ1) is 17.6. The van der Waals surface area contributed by atoms with Crippen molar-refractivity contribution in [3.8, 4) is 11.5 Å².